The molecule has 0 saturated carbocycles. The molecule has 4 nitrogen and oxygen atoms in total. The summed E-state index contributed by atoms with van der Waals surface area (Å²) >= 11 is 0. The predicted octanol–water partition coefficient (Wildman–Crippen LogP) is -1.30. The Morgan fingerprint density at radius 2 is 2.18 bits per heavy atom. The minimum absolute atomic E-state index is 0.130. The van der Waals surface area contributed by atoms with Crippen molar-refractivity contribution in [2.24, 2.45) is 0 Å². The van der Waals surface area contributed by atoms with Crippen LogP contribution in [0.1, 0.15) is 19.3 Å². The number of rotatable bonds is 2. The van der Waals surface area contributed by atoms with Crippen LogP contribution in [0.4, 0.5) is 0 Å². The topological polar surface area (TPSA) is 74.3 Å². The molecular weight excluding hydrogens is 168 g/mol. The van der Waals surface area contributed by atoms with Crippen LogP contribution >= 0.6 is 0 Å². The lowest BCUT2D eigenvalue weighted by Crippen LogP contribution is -2.29. The lowest BCUT2D eigenvalue weighted by molar-refractivity contribution is -0.305. The second-order valence-electron chi connectivity index (χ2n) is 2.71. The summed E-state index contributed by atoms with van der Waals surface area (Å²) in [5, 5.41) is 9.38. The minimum atomic E-state index is -3.10. The van der Waals surface area contributed by atoms with Crippen molar-refractivity contribution >= 4 is 15.8 Å². The van der Waals surface area contributed by atoms with Gasteiger partial charge in [0.15, 0.2) is 9.84 Å². The van der Waals surface area contributed by atoms with Gasteiger partial charge in [-0.1, -0.05) is 0 Å². The summed E-state index contributed by atoms with van der Waals surface area (Å²) in [4.78, 5) is 10.1. The molecule has 64 valence electrons. The fourth-order valence-corrected chi connectivity index (χ4v) is 3.09. The molecule has 1 aliphatic rings. The fourth-order valence-electron chi connectivity index (χ4n) is 1.27. The van der Waals surface area contributed by atoms with Gasteiger partial charge in [-0.2, -0.15) is 0 Å². The highest BCUT2D eigenvalue weighted by molar-refractivity contribution is 7.92. The molecular formula is C6H9O4S-. The molecule has 0 aromatic carbocycles. The molecule has 0 aromatic rings. The standard InChI is InChI=1S/C6H10O4S/c7-6(8)4-5-2-1-3-11(5,9)10/h5H,1-4H2,(H,7,8)/p-1. The molecule has 0 aromatic heterocycles. The normalized spacial score (nSPS) is 28.5. The van der Waals surface area contributed by atoms with Gasteiger partial charge in [0.05, 0.1) is 11.0 Å². The van der Waals surface area contributed by atoms with Crippen LogP contribution < -0.4 is 5.11 Å². The molecule has 0 spiro atoms. The molecule has 1 saturated heterocycles. The summed E-state index contributed by atoms with van der Waals surface area (Å²) in [7, 11) is -3.10. The highest BCUT2D eigenvalue weighted by Gasteiger charge is 2.30. The van der Waals surface area contributed by atoms with Gasteiger partial charge >= 0.3 is 0 Å². The van der Waals surface area contributed by atoms with Crippen molar-refractivity contribution in [2.45, 2.75) is 24.5 Å². The highest BCUT2D eigenvalue weighted by atomic mass is 32.2. The smallest absolute Gasteiger partial charge is 0.153 e. The molecule has 0 N–H and O–H groups in total. The lowest BCUT2D eigenvalue weighted by atomic mass is 10.2. The number of hydrogen-bond donors (Lipinski definition) is 0. The van der Waals surface area contributed by atoms with Gasteiger partial charge in [-0.25, -0.2) is 8.42 Å². The number of carbonyl (C=O) groups excluding carboxylic acids is 1. The monoisotopic (exact) mass is 177 g/mol. The Morgan fingerprint density at radius 3 is 2.55 bits per heavy atom. The summed E-state index contributed by atoms with van der Waals surface area (Å²) < 4.78 is 22.0. The third-order valence-electron chi connectivity index (χ3n) is 1.86. The highest BCUT2D eigenvalue weighted by Crippen LogP contribution is 2.21. The summed E-state index contributed by atoms with van der Waals surface area (Å²) in [5.74, 6) is -1.15. The first-order chi connectivity index (χ1) is 5.02. The molecule has 11 heavy (non-hydrogen) atoms. The molecule has 1 atom stereocenters. The molecule has 0 bridgehead atoms. The summed E-state index contributed by atoms with van der Waals surface area (Å²) in [6.45, 7) is 0. The first-order valence-electron chi connectivity index (χ1n) is 3.44. The number of hydrogen-bond acceptors (Lipinski definition) is 4. The summed E-state index contributed by atoms with van der Waals surface area (Å²) in [6.07, 6.45) is 0.707. The number of sulfone groups is 1. The predicted molar refractivity (Wildman–Crippen MR) is 36.4 cm³/mol. The quantitative estimate of drug-likeness (QED) is 0.525. The van der Waals surface area contributed by atoms with Crippen molar-refractivity contribution in [2.75, 3.05) is 5.75 Å². The van der Waals surface area contributed by atoms with E-state index in [0.717, 1.165) is 0 Å². The van der Waals surface area contributed by atoms with Crippen molar-refractivity contribution < 1.29 is 18.3 Å². The Hall–Kier alpha value is -0.580. The van der Waals surface area contributed by atoms with E-state index in [1.807, 2.05) is 0 Å². The molecule has 1 heterocycles. The third kappa shape index (κ3) is 1.92. The van der Waals surface area contributed by atoms with Gasteiger partial charge in [0, 0.05) is 12.4 Å². The van der Waals surface area contributed by atoms with E-state index < -0.39 is 21.1 Å². The zero-order valence-corrected chi connectivity index (χ0v) is 6.76. The van der Waals surface area contributed by atoms with Crippen molar-refractivity contribution in [3.05, 3.63) is 0 Å². The Labute approximate surface area is 65.1 Å². The van der Waals surface area contributed by atoms with Gasteiger partial charge < -0.3 is 9.90 Å². The molecule has 5 heteroatoms. The summed E-state index contributed by atoms with van der Waals surface area (Å²) in [6, 6.07) is 0. The average molecular weight is 177 g/mol. The van der Waals surface area contributed by atoms with Crippen LogP contribution in [0, 0.1) is 0 Å². The van der Waals surface area contributed by atoms with E-state index in [1.54, 1.807) is 0 Å². The number of carboxylic acids is 1. The maximum absolute atomic E-state index is 11.0. The first-order valence-corrected chi connectivity index (χ1v) is 5.15. The molecule has 1 unspecified atom stereocenters. The van der Waals surface area contributed by atoms with E-state index in [9.17, 15) is 18.3 Å². The van der Waals surface area contributed by atoms with Gasteiger partial charge in [0.1, 0.15) is 0 Å². The van der Waals surface area contributed by atoms with Gasteiger partial charge in [0.2, 0.25) is 0 Å². The Morgan fingerprint density at radius 1 is 1.55 bits per heavy atom. The number of aliphatic carboxylic acids is 1. The van der Waals surface area contributed by atoms with Crippen molar-refractivity contribution in [3.8, 4) is 0 Å². The van der Waals surface area contributed by atoms with E-state index >= 15 is 0 Å². The van der Waals surface area contributed by atoms with Gasteiger partial charge in [-0.3, -0.25) is 0 Å². The fraction of sp³-hybridized carbons (Fsp3) is 0.833. The zero-order valence-electron chi connectivity index (χ0n) is 5.95. The van der Waals surface area contributed by atoms with E-state index in [0.29, 0.717) is 12.8 Å². The van der Waals surface area contributed by atoms with Crippen LogP contribution in [0.5, 0.6) is 0 Å². The van der Waals surface area contributed by atoms with Gasteiger partial charge in [0.25, 0.3) is 0 Å². The Bertz CT molecular complexity index is 254. The van der Waals surface area contributed by atoms with E-state index in [4.69, 9.17) is 0 Å². The molecule has 0 amide bonds. The zero-order chi connectivity index (χ0) is 8.48. The van der Waals surface area contributed by atoms with Crippen LogP contribution in [0.2, 0.25) is 0 Å². The maximum atomic E-state index is 11.0. The SMILES string of the molecule is O=C([O-])CC1CCCS1(=O)=O. The largest absolute Gasteiger partial charge is 0.550 e. The Kier molecular flexibility index (Phi) is 2.17. The molecule has 0 radical (unpaired) electrons. The Balaban J connectivity index is 2.66. The molecule has 1 aliphatic heterocycles. The van der Waals surface area contributed by atoms with Crippen molar-refractivity contribution in [3.63, 3.8) is 0 Å². The van der Waals surface area contributed by atoms with Crippen molar-refractivity contribution in [1.29, 1.82) is 0 Å². The number of carboxylic acid groups (broad SMARTS) is 1. The van der Waals surface area contributed by atoms with Gasteiger partial charge in [-0.05, 0) is 12.8 Å². The van der Waals surface area contributed by atoms with E-state index in [2.05, 4.69) is 0 Å². The van der Waals surface area contributed by atoms with E-state index in [-0.39, 0.29) is 12.2 Å². The van der Waals surface area contributed by atoms with Crippen LogP contribution in [0.15, 0.2) is 0 Å². The van der Waals surface area contributed by atoms with Crippen LogP contribution in [-0.4, -0.2) is 25.4 Å². The summed E-state index contributed by atoms with van der Waals surface area (Å²) in [5.41, 5.74) is 0. The lowest BCUT2D eigenvalue weighted by Gasteiger charge is -2.08. The van der Waals surface area contributed by atoms with Crippen LogP contribution in [0.3, 0.4) is 0 Å². The number of carbonyl (C=O) groups is 1. The second kappa shape index (κ2) is 2.81. The minimum Gasteiger partial charge on any atom is -0.550 e. The second-order valence-corrected chi connectivity index (χ2v) is 5.11. The molecule has 0 aliphatic carbocycles. The molecule has 1 rings (SSSR count). The average Bonchev–Trinajstić information content (AvgIpc) is 2.10. The first kappa shape index (κ1) is 8.52. The van der Waals surface area contributed by atoms with Gasteiger partial charge in [-0.15, -0.1) is 0 Å². The van der Waals surface area contributed by atoms with Crippen LogP contribution in [0.25, 0.3) is 0 Å². The van der Waals surface area contributed by atoms with E-state index in [1.165, 1.54) is 0 Å². The molecule has 1 fully saturated rings. The van der Waals surface area contributed by atoms with Crippen LogP contribution in [-0.2, 0) is 14.6 Å². The van der Waals surface area contributed by atoms with Crippen molar-refractivity contribution in [1.82, 2.24) is 0 Å². The maximum Gasteiger partial charge on any atom is 0.153 e. The third-order valence-corrected chi connectivity index (χ3v) is 4.13.